The summed E-state index contributed by atoms with van der Waals surface area (Å²) in [5.41, 5.74) is -5.79. The van der Waals surface area contributed by atoms with Crippen molar-refractivity contribution in [1.82, 2.24) is 5.32 Å². The highest BCUT2D eigenvalue weighted by Crippen LogP contribution is 2.65. The number of alkyl carbamates (subject to hydrolysis) is 1. The fourth-order valence-corrected chi connectivity index (χ4v) is 12.3. The third-order valence-electron chi connectivity index (χ3n) is 16.5. The first-order chi connectivity index (χ1) is 39.8. The van der Waals surface area contributed by atoms with Crippen LogP contribution in [0.5, 0.6) is 0 Å². The van der Waals surface area contributed by atoms with E-state index in [2.05, 4.69) is 5.32 Å². The number of carbonyl (C=O) groups is 7. The lowest BCUT2D eigenvalue weighted by Crippen LogP contribution is -2.82. The number of Topliss-reactive ketones (excluding diaryl/α,β-unsaturated/α-hetero) is 1. The molecule has 0 aromatic heterocycles. The van der Waals surface area contributed by atoms with E-state index in [4.69, 9.17) is 47.4 Å². The van der Waals surface area contributed by atoms with Crippen LogP contribution in [-0.4, -0.2) is 108 Å². The van der Waals surface area contributed by atoms with Crippen molar-refractivity contribution in [3.63, 3.8) is 0 Å². The van der Waals surface area contributed by atoms with Crippen LogP contribution in [0.4, 0.5) is 9.59 Å². The molecule has 1 saturated heterocycles. The second kappa shape index (κ2) is 25.1. The maximum Gasteiger partial charge on any atom is 0.508 e. The number of ketones is 1. The molecule has 4 aliphatic rings. The van der Waals surface area contributed by atoms with Gasteiger partial charge in [-0.3, -0.25) is 14.4 Å². The van der Waals surface area contributed by atoms with Crippen molar-refractivity contribution in [3.8, 4) is 0 Å². The zero-order chi connectivity index (χ0) is 59.1. The Morgan fingerprint density at radius 3 is 1.80 bits per heavy atom. The molecule has 2 saturated carbocycles. The average molecular weight is 1140 g/mol. The molecular formula is C64H67NO18. The van der Waals surface area contributed by atoms with E-state index in [1.165, 1.54) is 19.1 Å². The van der Waals surface area contributed by atoms with Gasteiger partial charge in [0.05, 0.1) is 36.2 Å². The number of rotatable bonds is 19. The molecule has 9 rings (SSSR count). The number of ether oxygens (including phenoxy) is 10. The van der Waals surface area contributed by atoms with Gasteiger partial charge in [-0.15, -0.1) is 0 Å². The van der Waals surface area contributed by atoms with Crippen LogP contribution in [-0.2, 0) is 86.4 Å². The minimum absolute atomic E-state index is 0.0276. The predicted molar refractivity (Wildman–Crippen MR) is 294 cm³/mol. The van der Waals surface area contributed by atoms with Crippen molar-refractivity contribution >= 4 is 41.9 Å². The lowest BCUT2D eigenvalue weighted by Gasteiger charge is -2.67. The lowest BCUT2D eigenvalue weighted by atomic mass is 9.44. The van der Waals surface area contributed by atoms with Crippen LogP contribution in [0.3, 0.4) is 0 Å². The average Bonchev–Trinajstić information content (AvgIpc) is 0.736. The van der Waals surface area contributed by atoms with Crippen LogP contribution in [0.15, 0.2) is 163 Å². The molecule has 11 atom stereocenters. The molecule has 0 spiro atoms. The minimum Gasteiger partial charge on any atom is -0.456 e. The van der Waals surface area contributed by atoms with Crippen molar-refractivity contribution in [3.05, 3.63) is 191 Å². The normalized spacial score (nSPS) is 26.5. The largest absolute Gasteiger partial charge is 0.508 e. The van der Waals surface area contributed by atoms with Crippen molar-refractivity contribution in [2.24, 2.45) is 16.7 Å². The molecule has 436 valence electrons. The van der Waals surface area contributed by atoms with Gasteiger partial charge < -0.3 is 57.8 Å². The number of aliphatic hydroxyl groups is 1. The molecule has 2 N–H and O–H groups in total. The van der Waals surface area contributed by atoms with Gasteiger partial charge in [0.15, 0.2) is 23.6 Å². The second-order valence-corrected chi connectivity index (χ2v) is 21.9. The smallest absolute Gasteiger partial charge is 0.456 e. The van der Waals surface area contributed by atoms with Crippen LogP contribution in [0.1, 0.15) is 93.0 Å². The quantitative estimate of drug-likeness (QED) is 0.0258. The van der Waals surface area contributed by atoms with Gasteiger partial charge in [0.1, 0.15) is 50.0 Å². The molecule has 5 aromatic rings. The Morgan fingerprint density at radius 2 is 1.24 bits per heavy atom. The third-order valence-corrected chi connectivity index (χ3v) is 16.5. The molecule has 1 amide bonds. The molecule has 19 nitrogen and oxygen atoms in total. The number of hydrogen-bond acceptors (Lipinski definition) is 18. The lowest BCUT2D eigenvalue weighted by molar-refractivity contribution is -0.346. The Bertz CT molecular complexity index is 3180. The van der Waals surface area contributed by atoms with Gasteiger partial charge in [-0.2, -0.15) is 0 Å². The van der Waals surface area contributed by atoms with Crippen molar-refractivity contribution in [2.45, 2.75) is 128 Å². The molecule has 83 heavy (non-hydrogen) atoms. The summed E-state index contributed by atoms with van der Waals surface area (Å²) in [6.07, 6.45) is -12.9. The van der Waals surface area contributed by atoms with E-state index in [1.54, 1.807) is 124 Å². The summed E-state index contributed by atoms with van der Waals surface area (Å²) in [6, 6.07) is 41.8. The monoisotopic (exact) mass is 1140 g/mol. The van der Waals surface area contributed by atoms with Crippen molar-refractivity contribution < 1.29 is 86.0 Å². The standard InChI is InChI=1S/C64H67NO18/c1-39-47(80-58(70)53(78-38-74-34-42-22-12-7-13-23-42)51(45-28-18-10-19-29-45)65-59(71)75-35-43-24-14-8-15-25-43)33-64(73)56(82-57(69)46-30-20-11-21-31-46)54-62(6,55(68)52(79-40(2)66)50(39)61(64,4)5)48(32-49-63(54,37-77-49)83-41(3)67)81-60(72)76-36-44-26-16-9-17-27-44/h7-31,47-49,51-54,56,73H,32-38H2,1-6H3,(H,65,71)/t47-,48-,49+,51-,52+,53+,54?,56-,62+,63-,64?/m0/s1. The molecule has 19 heteroatoms. The highest BCUT2D eigenvalue weighted by molar-refractivity contribution is 5.96. The fraction of sp³-hybridized carbons (Fsp3) is 0.391. The Morgan fingerprint density at radius 1 is 0.687 bits per heavy atom. The van der Waals surface area contributed by atoms with E-state index >= 15 is 9.59 Å². The molecule has 3 fully saturated rings. The number of benzene rings is 5. The Labute approximate surface area is 480 Å². The van der Waals surface area contributed by atoms with Gasteiger partial charge in [-0.05, 0) is 59.4 Å². The topological polar surface area (TPSA) is 244 Å². The summed E-state index contributed by atoms with van der Waals surface area (Å²) in [5.74, 6) is -6.45. The zero-order valence-corrected chi connectivity index (χ0v) is 46.9. The van der Waals surface area contributed by atoms with Crippen LogP contribution >= 0.6 is 0 Å². The highest BCUT2D eigenvalue weighted by Gasteiger charge is 2.79. The summed E-state index contributed by atoms with van der Waals surface area (Å²) in [7, 11) is 0. The Hall–Kier alpha value is -8.23. The summed E-state index contributed by atoms with van der Waals surface area (Å²) in [5, 5.41) is 17.1. The minimum atomic E-state index is -2.52. The van der Waals surface area contributed by atoms with Crippen molar-refractivity contribution in [1.29, 1.82) is 0 Å². The Kier molecular flexibility index (Phi) is 18.0. The Balaban J connectivity index is 1.17. The first kappa shape index (κ1) is 59.4. The maximum absolute atomic E-state index is 16.4. The van der Waals surface area contributed by atoms with E-state index in [9.17, 15) is 29.1 Å². The van der Waals surface area contributed by atoms with Gasteiger partial charge in [-0.1, -0.05) is 153 Å². The number of carbonyl (C=O) groups excluding carboxylic acids is 7. The van der Waals surface area contributed by atoms with Gasteiger partial charge in [0, 0.05) is 32.1 Å². The molecule has 3 aliphatic carbocycles. The summed E-state index contributed by atoms with van der Waals surface area (Å²) in [6.45, 7) is 7.15. The van der Waals surface area contributed by atoms with Crippen LogP contribution in [0.25, 0.3) is 0 Å². The maximum atomic E-state index is 16.4. The molecule has 1 heterocycles. The number of fused-ring (bicyclic) bond motifs is 5. The third kappa shape index (κ3) is 12.3. The SMILES string of the molecule is CC(=O)O[C@H]1C(=O)[C@@]2(C)C([C@H](OC(=O)c3ccccc3)C3(O)C[C@H](OC(=O)[C@H](OCOCc4ccccc4)[C@@H](NC(=O)OCc4ccccc4)c4ccccc4)C(C)=C1C3(C)C)[C@]1(OC(C)=O)CO[C@@H]1C[C@@H]2OC(=O)OCc1ccccc1. The highest BCUT2D eigenvalue weighted by atomic mass is 16.7. The van der Waals surface area contributed by atoms with Crippen LogP contribution in [0, 0.1) is 16.7 Å². The van der Waals surface area contributed by atoms with E-state index < -0.39 is 132 Å². The second-order valence-electron chi connectivity index (χ2n) is 21.9. The number of nitrogens with one attached hydrogen (secondary N) is 1. The molecular weight excluding hydrogens is 1070 g/mol. The summed E-state index contributed by atoms with van der Waals surface area (Å²) in [4.78, 5) is 102. The van der Waals surface area contributed by atoms with Crippen molar-refractivity contribution in [2.75, 3.05) is 13.4 Å². The summed E-state index contributed by atoms with van der Waals surface area (Å²) < 4.78 is 61.4. The molecule has 2 bridgehead atoms. The molecule has 0 radical (unpaired) electrons. The van der Waals surface area contributed by atoms with Gasteiger partial charge in [0.2, 0.25) is 0 Å². The van der Waals surface area contributed by atoms with Crippen LogP contribution < -0.4 is 5.32 Å². The number of esters is 4. The molecule has 1 aliphatic heterocycles. The zero-order valence-electron chi connectivity index (χ0n) is 46.9. The van der Waals surface area contributed by atoms with Crippen LogP contribution in [0.2, 0.25) is 0 Å². The fourth-order valence-electron chi connectivity index (χ4n) is 12.3. The first-order valence-electron chi connectivity index (χ1n) is 27.3. The number of hydrogen-bond donors (Lipinski definition) is 2. The van der Waals surface area contributed by atoms with Gasteiger partial charge >= 0.3 is 36.1 Å². The predicted octanol–water partition coefficient (Wildman–Crippen LogP) is 8.79. The van der Waals surface area contributed by atoms with Gasteiger partial charge in [0.25, 0.3) is 0 Å². The van der Waals surface area contributed by atoms with E-state index in [0.29, 0.717) is 16.7 Å². The van der Waals surface area contributed by atoms with E-state index in [0.717, 1.165) is 19.4 Å². The van der Waals surface area contributed by atoms with E-state index in [1.807, 2.05) is 36.4 Å². The number of amides is 1. The molecule has 5 aromatic carbocycles. The first-order valence-corrected chi connectivity index (χ1v) is 27.3. The van der Waals surface area contributed by atoms with Gasteiger partial charge in [-0.25, -0.2) is 19.2 Å². The summed E-state index contributed by atoms with van der Waals surface area (Å²) >= 11 is 0. The van der Waals surface area contributed by atoms with E-state index in [-0.39, 0.29) is 43.0 Å². The molecule has 2 unspecified atom stereocenters.